The van der Waals surface area contributed by atoms with E-state index in [0.29, 0.717) is 0 Å². The first-order chi connectivity index (χ1) is 7.86. The fourth-order valence-electron chi connectivity index (χ4n) is 1.71. The second kappa shape index (κ2) is 8.20. The maximum absolute atomic E-state index is 4.34. The number of aromatic nitrogens is 2. The monoisotopic (exact) mass is 223 g/mol. The maximum Gasteiger partial charge on any atom is 0.0726 e. The largest absolute Gasteiger partial charge is 0.383 e. The molecule has 92 valence electrons. The summed E-state index contributed by atoms with van der Waals surface area (Å²) in [6.07, 6.45) is 11.7. The van der Waals surface area contributed by atoms with E-state index in [1.807, 2.05) is 10.9 Å². The molecule has 16 heavy (non-hydrogen) atoms. The van der Waals surface area contributed by atoms with Crippen molar-refractivity contribution in [1.29, 1.82) is 0 Å². The first-order valence-electron chi connectivity index (χ1n) is 6.63. The molecule has 0 aliphatic heterocycles. The van der Waals surface area contributed by atoms with Gasteiger partial charge < -0.3 is 5.32 Å². The molecule has 1 aromatic heterocycles. The number of nitrogens with zero attached hydrogens (tertiary/aromatic N) is 2. The van der Waals surface area contributed by atoms with E-state index in [9.17, 15) is 0 Å². The van der Waals surface area contributed by atoms with E-state index in [1.54, 1.807) is 0 Å². The molecule has 0 spiro atoms. The SMILES string of the molecule is CCCCCNc1cnn(CCCCC)c1. The van der Waals surface area contributed by atoms with Crippen molar-refractivity contribution in [3.63, 3.8) is 0 Å². The van der Waals surface area contributed by atoms with Crippen LogP contribution in [0.25, 0.3) is 0 Å². The average Bonchev–Trinajstić information content (AvgIpc) is 2.73. The number of anilines is 1. The second-order valence-corrected chi connectivity index (χ2v) is 4.33. The lowest BCUT2D eigenvalue weighted by Gasteiger charge is -2.02. The van der Waals surface area contributed by atoms with E-state index in [2.05, 4.69) is 30.5 Å². The molecule has 1 aromatic rings. The van der Waals surface area contributed by atoms with Gasteiger partial charge in [-0.05, 0) is 12.8 Å². The molecule has 0 aliphatic carbocycles. The van der Waals surface area contributed by atoms with Crippen molar-refractivity contribution < 1.29 is 0 Å². The van der Waals surface area contributed by atoms with Gasteiger partial charge in [-0.3, -0.25) is 4.68 Å². The highest BCUT2D eigenvalue weighted by Crippen LogP contribution is 2.07. The Morgan fingerprint density at radius 1 is 1.12 bits per heavy atom. The topological polar surface area (TPSA) is 29.9 Å². The van der Waals surface area contributed by atoms with Crippen molar-refractivity contribution >= 4 is 5.69 Å². The molecule has 1 heterocycles. The van der Waals surface area contributed by atoms with Crippen LogP contribution in [0.2, 0.25) is 0 Å². The van der Waals surface area contributed by atoms with Gasteiger partial charge in [0.25, 0.3) is 0 Å². The van der Waals surface area contributed by atoms with Gasteiger partial charge in [-0.1, -0.05) is 39.5 Å². The molecule has 0 radical (unpaired) electrons. The van der Waals surface area contributed by atoms with Crippen LogP contribution in [0.15, 0.2) is 12.4 Å². The van der Waals surface area contributed by atoms with E-state index >= 15 is 0 Å². The van der Waals surface area contributed by atoms with Crippen LogP contribution in [0.5, 0.6) is 0 Å². The molecule has 0 bridgehead atoms. The number of nitrogens with one attached hydrogen (secondary N) is 1. The van der Waals surface area contributed by atoms with Gasteiger partial charge in [0.15, 0.2) is 0 Å². The molecule has 0 amide bonds. The molecule has 0 saturated carbocycles. The van der Waals surface area contributed by atoms with Crippen LogP contribution in [-0.2, 0) is 6.54 Å². The van der Waals surface area contributed by atoms with Crippen molar-refractivity contribution in [2.45, 2.75) is 58.9 Å². The summed E-state index contributed by atoms with van der Waals surface area (Å²) in [4.78, 5) is 0. The summed E-state index contributed by atoms with van der Waals surface area (Å²) in [6.45, 7) is 6.56. The van der Waals surface area contributed by atoms with Gasteiger partial charge in [0.05, 0.1) is 11.9 Å². The minimum Gasteiger partial charge on any atom is -0.383 e. The number of aryl methyl sites for hydroxylation is 1. The molecule has 0 saturated heterocycles. The third kappa shape index (κ3) is 5.19. The second-order valence-electron chi connectivity index (χ2n) is 4.33. The van der Waals surface area contributed by atoms with Crippen molar-refractivity contribution in [3.8, 4) is 0 Å². The fourth-order valence-corrected chi connectivity index (χ4v) is 1.71. The summed E-state index contributed by atoms with van der Waals surface area (Å²) in [5, 5.41) is 7.75. The molecule has 0 unspecified atom stereocenters. The van der Waals surface area contributed by atoms with Crippen LogP contribution in [-0.4, -0.2) is 16.3 Å². The van der Waals surface area contributed by atoms with Crippen LogP contribution in [0, 0.1) is 0 Å². The zero-order valence-corrected chi connectivity index (χ0v) is 10.7. The smallest absolute Gasteiger partial charge is 0.0726 e. The standard InChI is InChI=1S/C13H25N3/c1-3-5-7-9-14-13-11-15-16(12-13)10-8-6-4-2/h11-12,14H,3-10H2,1-2H3. The Balaban J connectivity index is 2.17. The first-order valence-corrected chi connectivity index (χ1v) is 6.63. The van der Waals surface area contributed by atoms with Crippen LogP contribution >= 0.6 is 0 Å². The highest BCUT2D eigenvalue weighted by atomic mass is 15.3. The highest BCUT2D eigenvalue weighted by molar-refractivity contribution is 5.37. The fraction of sp³-hybridized carbons (Fsp3) is 0.769. The van der Waals surface area contributed by atoms with E-state index in [-0.39, 0.29) is 0 Å². The lowest BCUT2D eigenvalue weighted by Crippen LogP contribution is -2.00. The molecule has 1 rings (SSSR count). The van der Waals surface area contributed by atoms with E-state index in [0.717, 1.165) is 18.8 Å². The summed E-state index contributed by atoms with van der Waals surface area (Å²) in [6, 6.07) is 0. The van der Waals surface area contributed by atoms with Gasteiger partial charge >= 0.3 is 0 Å². The molecule has 3 nitrogen and oxygen atoms in total. The maximum atomic E-state index is 4.34. The Morgan fingerprint density at radius 2 is 1.88 bits per heavy atom. The summed E-state index contributed by atoms with van der Waals surface area (Å²) in [5.41, 5.74) is 1.16. The van der Waals surface area contributed by atoms with Gasteiger partial charge in [-0.15, -0.1) is 0 Å². The van der Waals surface area contributed by atoms with Crippen LogP contribution < -0.4 is 5.32 Å². The molecule has 3 heteroatoms. The Hall–Kier alpha value is -0.990. The summed E-state index contributed by atoms with van der Waals surface area (Å²) >= 11 is 0. The zero-order valence-electron chi connectivity index (χ0n) is 10.7. The minimum atomic E-state index is 1.05. The minimum absolute atomic E-state index is 1.05. The predicted molar refractivity (Wildman–Crippen MR) is 69.8 cm³/mol. The zero-order chi connectivity index (χ0) is 11.6. The lowest BCUT2D eigenvalue weighted by atomic mass is 10.2. The first kappa shape index (κ1) is 13.1. The number of hydrogen-bond donors (Lipinski definition) is 1. The van der Waals surface area contributed by atoms with Gasteiger partial charge in [-0.25, -0.2) is 0 Å². The summed E-state index contributed by atoms with van der Waals surface area (Å²) in [5.74, 6) is 0. The number of hydrogen-bond acceptors (Lipinski definition) is 2. The average molecular weight is 223 g/mol. The molecule has 0 aliphatic rings. The van der Waals surface area contributed by atoms with Crippen LogP contribution in [0.4, 0.5) is 5.69 Å². The van der Waals surface area contributed by atoms with Crippen molar-refractivity contribution in [1.82, 2.24) is 9.78 Å². The van der Waals surface area contributed by atoms with E-state index < -0.39 is 0 Å². The van der Waals surface area contributed by atoms with Crippen molar-refractivity contribution in [3.05, 3.63) is 12.4 Å². The Kier molecular flexibility index (Phi) is 6.70. The molecule has 1 N–H and O–H groups in total. The van der Waals surface area contributed by atoms with Crippen LogP contribution in [0.3, 0.4) is 0 Å². The third-order valence-corrected chi connectivity index (χ3v) is 2.73. The molecular formula is C13H25N3. The molecule has 0 aromatic carbocycles. The third-order valence-electron chi connectivity index (χ3n) is 2.73. The number of rotatable bonds is 9. The Morgan fingerprint density at radius 3 is 2.62 bits per heavy atom. The van der Waals surface area contributed by atoms with Crippen LogP contribution in [0.1, 0.15) is 52.4 Å². The molecular weight excluding hydrogens is 198 g/mol. The summed E-state index contributed by atoms with van der Waals surface area (Å²) < 4.78 is 2.04. The Bertz CT molecular complexity index is 268. The number of unbranched alkanes of at least 4 members (excludes halogenated alkanes) is 4. The van der Waals surface area contributed by atoms with Gasteiger partial charge in [0.2, 0.25) is 0 Å². The van der Waals surface area contributed by atoms with Crippen molar-refractivity contribution in [2.24, 2.45) is 0 Å². The lowest BCUT2D eigenvalue weighted by molar-refractivity contribution is 0.553. The van der Waals surface area contributed by atoms with Crippen molar-refractivity contribution in [2.75, 3.05) is 11.9 Å². The van der Waals surface area contributed by atoms with Gasteiger partial charge in [0.1, 0.15) is 0 Å². The normalized spacial score (nSPS) is 10.6. The molecule has 0 atom stereocenters. The Labute approximate surface area is 99.2 Å². The van der Waals surface area contributed by atoms with Gasteiger partial charge in [0, 0.05) is 19.3 Å². The summed E-state index contributed by atoms with van der Waals surface area (Å²) in [7, 11) is 0. The van der Waals surface area contributed by atoms with E-state index in [1.165, 1.54) is 38.5 Å². The highest BCUT2D eigenvalue weighted by Gasteiger charge is 1.97. The van der Waals surface area contributed by atoms with Gasteiger partial charge in [-0.2, -0.15) is 5.10 Å². The quantitative estimate of drug-likeness (QED) is 0.647. The molecule has 0 fully saturated rings. The van der Waals surface area contributed by atoms with E-state index in [4.69, 9.17) is 0 Å². The predicted octanol–water partition coefficient (Wildman–Crippen LogP) is 3.68.